The molecule has 12 heteroatoms. The first-order chi connectivity index (χ1) is 24.9. The predicted molar refractivity (Wildman–Crippen MR) is 215 cm³/mol. The van der Waals surface area contributed by atoms with Gasteiger partial charge in [0, 0.05) is 18.7 Å². The molecule has 0 fully saturated rings. The second kappa shape index (κ2) is 20.5. The highest BCUT2D eigenvalue weighted by Gasteiger charge is 2.07. The summed E-state index contributed by atoms with van der Waals surface area (Å²) in [5.74, 6) is 2.66. The number of halogens is 1. The summed E-state index contributed by atoms with van der Waals surface area (Å²) in [5.41, 5.74) is 9.92. The molecule has 0 aliphatic carbocycles. The van der Waals surface area contributed by atoms with Gasteiger partial charge in [-0.15, -0.1) is 22.7 Å². The lowest BCUT2D eigenvalue weighted by Gasteiger charge is -2.10. The van der Waals surface area contributed by atoms with Gasteiger partial charge in [0.2, 0.25) is 0 Å². The standard InChI is InChI=1S/C20H21NO3S.C18H16BrNO3S.CH5N/c1-4-14-5-8-16-19(12-14)25-20(21-16)10-7-15-6-9-17(24-13-22-2)18(11-15)23-3;1-21-11-23-15-7-3-12(9-16(15)22-2)4-8-18-20-14-6-5-13(19)10-17(14)24-18;1-2/h5-12H,4,13H2,1-3H3;3-10H,11H2,1-2H3;2H2,1H3/b10-7+;8-4+;. The maximum Gasteiger partial charge on any atom is 0.188 e. The van der Waals surface area contributed by atoms with Crippen molar-refractivity contribution in [1.82, 2.24) is 9.97 Å². The molecule has 0 saturated heterocycles. The number of rotatable bonds is 13. The van der Waals surface area contributed by atoms with Crippen LogP contribution in [0.25, 0.3) is 44.7 Å². The number of fused-ring (bicyclic) bond motifs is 2. The number of benzene rings is 4. The normalized spacial score (nSPS) is 11.0. The van der Waals surface area contributed by atoms with E-state index in [1.54, 1.807) is 51.1 Å². The van der Waals surface area contributed by atoms with Crippen LogP contribution in [0.1, 0.15) is 33.6 Å². The van der Waals surface area contributed by atoms with Crippen LogP contribution in [0.4, 0.5) is 0 Å². The van der Waals surface area contributed by atoms with Gasteiger partial charge in [0.05, 0.1) is 34.7 Å². The van der Waals surface area contributed by atoms with Crippen LogP contribution in [0.3, 0.4) is 0 Å². The Morgan fingerprint density at radius 2 is 1.10 bits per heavy atom. The third-order valence-corrected chi connectivity index (χ3v) is 9.58. The van der Waals surface area contributed by atoms with Gasteiger partial charge in [-0.2, -0.15) is 0 Å². The molecule has 0 saturated carbocycles. The van der Waals surface area contributed by atoms with Crippen molar-refractivity contribution in [3.8, 4) is 23.0 Å². The molecule has 6 aromatic rings. The highest BCUT2D eigenvalue weighted by molar-refractivity contribution is 9.10. The van der Waals surface area contributed by atoms with Crippen molar-refractivity contribution in [2.45, 2.75) is 13.3 Å². The van der Waals surface area contributed by atoms with Crippen LogP contribution in [0.5, 0.6) is 23.0 Å². The summed E-state index contributed by atoms with van der Waals surface area (Å²) in [6, 6.07) is 24.1. The van der Waals surface area contributed by atoms with Crippen molar-refractivity contribution in [1.29, 1.82) is 0 Å². The summed E-state index contributed by atoms with van der Waals surface area (Å²) in [6.45, 7) is 2.54. The van der Waals surface area contributed by atoms with Gasteiger partial charge in [-0.05, 0) is 96.9 Å². The molecular formula is C39H42BrN3O6S2. The fraction of sp³-hybridized carbons (Fsp3) is 0.231. The molecular weight excluding hydrogens is 750 g/mol. The van der Waals surface area contributed by atoms with E-state index in [0.29, 0.717) is 23.0 Å². The number of aryl methyl sites for hydroxylation is 1. The number of aromatic nitrogens is 2. The van der Waals surface area contributed by atoms with E-state index in [1.165, 1.54) is 17.3 Å². The first kappa shape index (κ1) is 39.5. The fourth-order valence-corrected chi connectivity index (χ4v) is 7.02. The SMILES string of the molecule is CCc1ccc2nc(/C=C/c3ccc(OCOC)c(OC)c3)sc2c1.CN.COCOc1ccc(/C=C/c2nc3ccc(Br)cc3s2)cc1OC. The van der Waals surface area contributed by atoms with Crippen LogP contribution in [0, 0.1) is 0 Å². The maximum atomic E-state index is 5.48. The van der Waals surface area contributed by atoms with Crippen LogP contribution in [-0.4, -0.2) is 59.0 Å². The molecule has 0 aliphatic rings. The molecule has 0 radical (unpaired) electrons. The quantitative estimate of drug-likeness (QED) is 0.114. The third-order valence-electron chi connectivity index (χ3n) is 7.12. The minimum Gasteiger partial charge on any atom is -0.493 e. The minimum atomic E-state index is 0.187. The van der Waals surface area contributed by atoms with E-state index in [1.807, 2.05) is 72.8 Å². The zero-order valence-electron chi connectivity index (χ0n) is 29.5. The van der Waals surface area contributed by atoms with Gasteiger partial charge in [-0.3, -0.25) is 0 Å². The van der Waals surface area contributed by atoms with Crippen molar-refractivity contribution in [3.05, 3.63) is 104 Å². The lowest BCUT2D eigenvalue weighted by Crippen LogP contribution is -2.00. The molecule has 0 atom stereocenters. The molecule has 0 unspecified atom stereocenters. The average molecular weight is 793 g/mol. The molecule has 2 N–H and O–H groups in total. The smallest absolute Gasteiger partial charge is 0.188 e. The molecule has 0 amide bonds. The Morgan fingerprint density at radius 3 is 1.57 bits per heavy atom. The van der Waals surface area contributed by atoms with Crippen molar-refractivity contribution in [2.75, 3.05) is 49.1 Å². The van der Waals surface area contributed by atoms with E-state index >= 15 is 0 Å². The van der Waals surface area contributed by atoms with E-state index in [0.717, 1.165) is 47.8 Å². The number of hydrogen-bond donors (Lipinski definition) is 1. The molecule has 0 spiro atoms. The summed E-state index contributed by atoms with van der Waals surface area (Å²) in [4.78, 5) is 9.27. The topological polar surface area (TPSA) is 107 Å². The molecule has 4 aromatic carbocycles. The van der Waals surface area contributed by atoms with Gasteiger partial charge < -0.3 is 34.2 Å². The highest BCUT2D eigenvalue weighted by atomic mass is 79.9. The second-order valence-electron chi connectivity index (χ2n) is 10.5. The molecule has 0 bridgehead atoms. The van der Waals surface area contributed by atoms with Gasteiger partial charge >= 0.3 is 0 Å². The van der Waals surface area contributed by atoms with Crippen LogP contribution in [0.2, 0.25) is 0 Å². The van der Waals surface area contributed by atoms with Gasteiger partial charge in [0.15, 0.2) is 36.6 Å². The number of nitrogens with zero attached hydrogens (tertiary/aromatic N) is 2. The maximum absolute atomic E-state index is 5.48. The van der Waals surface area contributed by atoms with E-state index < -0.39 is 0 Å². The Hall–Kier alpha value is -4.30. The van der Waals surface area contributed by atoms with Crippen LogP contribution in [-0.2, 0) is 15.9 Å². The molecule has 51 heavy (non-hydrogen) atoms. The van der Waals surface area contributed by atoms with Crippen LogP contribution < -0.4 is 24.7 Å². The first-order valence-electron chi connectivity index (χ1n) is 15.9. The molecule has 2 aromatic heterocycles. The summed E-state index contributed by atoms with van der Waals surface area (Å²) in [5, 5.41) is 1.95. The Bertz CT molecular complexity index is 2060. The Morgan fingerprint density at radius 1 is 0.608 bits per heavy atom. The molecule has 2 heterocycles. The van der Waals surface area contributed by atoms with Crippen molar-refractivity contribution in [3.63, 3.8) is 0 Å². The average Bonchev–Trinajstić information content (AvgIpc) is 3.78. The van der Waals surface area contributed by atoms with Crippen molar-refractivity contribution < 1.29 is 28.4 Å². The van der Waals surface area contributed by atoms with Gasteiger partial charge in [-0.25, -0.2) is 9.97 Å². The second-order valence-corrected chi connectivity index (χ2v) is 13.5. The predicted octanol–water partition coefficient (Wildman–Crippen LogP) is 9.82. The molecule has 268 valence electrons. The number of hydrogen-bond acceptors (Lipinski definition) is 11. The van der Waals surface area contributed by atoms with Crippen molar-refractivity contribution >= 4 is 83.3 Å². The fourth-order valence-electron chi connectivity index (χ4n) is 4.66. The summed E-state index contributed by atoms with van der Waals surface area (Å²) >= 11 is 6.84. The first-order valence-corrected chi connectivity index (χ1v) is 18.3. The molecule has 6 rings (SSSR count). The lowest BCUT2D eigenvalue weighted by molar-refractivity contribution is 0.0490. The van der Waals surface area contributed by atoms with Gasteiger partial charge in [-0.1, -0.05) is 53.2 Å². The Labute approximate surface area is 315 Å². The zero-order chi connectivity index (χ0) is 36.6. The van der Waals surface area contributed by atoms with E-state index in [9.17, 15) is 0 Å². The summed E-state index contributed by atoms with van der Waals surface area (Å²) in [7, 11) is 7.92. The summed E-state index contributed by atoms with van der Waals surface area (Å²) in [6.07, 6.45) is 9.11. The van der Waals surface area contributed by atoms with Crippen LogP contribution >= 0.6 is 38.6 Å². The molecule has 9 nitrogen and oxygen atoms in total. The van der Waals surface area contributed by atoms with Gasteiger partial charge in [0.25, 0.3) is 0 Å². The van der Waals surface area contributed by atoms with E-state index in [-0.39, 0.29) is 13.6 Å². The summed E-state index contributed by atoms with van der Waals surface area (Å²) < 4.78 is 35.0. The lowest BCUT2D eigenvalue weighted by atomic mass is 10.2. The number of ether oxygens (including phenoxy) is 6. The van der Waals surface area contributed by atoms with Crippen LogP contribution in [0.15, 0.2) is 77.3 Å². The minimum absolute atomic E-state index is 0.187. The Balaban J connectivity index is 0.000000218. The number of thiazole rings is 2. The monoisotopic (exact) mass is 791 g/mol. The van der Waals surface area contributed by atoms with E-state index in [4.69, 9.17) is 28.4 Å². The number of nitrogens with two attached hydrogens (primary N) is 1. The Kier molecular flexibility index (Phi) is 15.9. The third kappa shape index (κ3) is 11.3. The zero-order valence-corrected chi connectivity index (χ0v) is 32.7. The largest absolute Gasteiger partial charge is 0.493 e. The highest BCUT2D eigenvalue weighted by Crippen LogP contribution is 2.31. The number of methoxy groups -OCH3 is 4. The molecule has 0 aliphatic heterocycles. The van der Waals surface area contributed by atoms with Gasteiger partial charge in [0.1, 0.15) is 10.0 Å². The van der Waals surface area contributed by atoms with E-state index in [2.05, 4.69) is 62.8 Å². The van der Waals surface area contributed by atoms with Crippen molar-refractivity contribution in [2.24, 2.45) is 5.73 Å².